The van der Waals surface area contributed by atoms with E-state index >= 15 is 0 Å². The van der Waals surface area contributed by atoms with E-state index in [9.17, 15) is 10.1 Å². The van der Waals surface area contributed by atoms with Crippen LogP contribution in [0.5, 0.6) is 5.75 Å². The fraction of sp³-hybridized carbons (Fsp3) is 0.150. The van der Waals surface area contributed by atoms with Gasteiger partial charge in [0.1, 0.15) is 28.8 Å². The number of nitrogens with one attached hydrogen (secondary N) is 3. The van der Waals surface area contributed by atoms with E-state index in [-0.39, 0.29) is 11.4 Å². The van der Waals surface area contributed by atoms with Crippen molar-refractivity contribution in [1.82, 2.24) is 29.7 Å². The number of rotatable bonds is 6. The number of carbonyl (C=O) groups excluding carboxylic acids is 1. The van der Waals surface area contributed by atoms with E-state index < -0.39 is 12.9 Å². The molecule has 0 atom stereocenters. The monoisotopic (exact) mass is 420 g/mol. The molecule has 11 heteroatoms. The minimum absolute atomic E-state index is 0.0152. The predicted octanol–water partition coefficient (Wildman–Crippen LogP) is 2.19. The number of nitriles is 1. The molecule has 31 heavy (non-hydrogen) atoms. The summed E-state index contributed by atoms with van der Waals surface area (Å²) in [7, 11) is 3.20. The Balaban J connectivity index is 1.78. The second-order valence-electron chi connectivity index (χ2n) is 6.40. The van der Waals surface area contributed by atoms with Crippen molar-refractivity contribution in [3.63, 3.8) is 0 Å². The Kier molecular flexibility index (Phi) is 4.21. The average Bonchev–Trinajstić information content (AvgIpc) is 3.38. The second-order valence-corrected chi connectivity index (χ2v) is 6.40. The number of carbonyl (C=O) groups is 1. The Morgan fingerprint density at radius 3 is 2.81 bits per heavy atom. The van der Waals surface area contributed by atoms with Gasteiger partial charge in [-0.2, -0.15) is 15.5 Å². The molecule has 0 spiro atoms. The Labute approximate surface area is 181 Å². The number of aryl methyl sites for hydroxylation is 1. The fourth-order valence-electron chi connectivity index (χ4n) is 3.05. The first-order chi connectivity index (χ1) is 16.2. The minimum Gasteiger partial charge on any atom is -0.492 e. The quantitative estimate of drug-likeness (QED) is 0.432. The van der Waals surface area contributed by atoms with Gasteiger partial charge in [0.15, 0.2) is 11.6 Å². The number of fused-ring (bicyclic) bond motifs is 1. The summed E-state index contributed by atoms with van der Waals surface area (Å²) in [5.74, 6) is 0.389. The maximum absolute atomic E-state index is 12.7. The molecule has 0 aliphatic heterocycles. The number of pyridine rings is 2. The van der Waals surface area contributed by atoms with Gasteiger partial charge in [-0.1, -0.05) is 0 Å². The first-order valence-corrected chi connectivity index (χ1v) is 9.00. The average molecular weight is 420 g/mol. The number of aromatic nitrogens is 5. The highest BCUT2D eigenvalue weighted by atomic mass is 16.5. The van der Waals surface area contributed by atoms with E-state index in [0.717, 1.165) is 0 Å². The smallest absolute Gasteiger partial charge is 0.254 e. The van der Waals surface area contributed by atoms with Gasteiger partial charge in [-0.25, -0.2) is 9.50 Å². The Morgan fingerprint density at radius 1 is 1.23 bits per heavy atom. The Hall–Kier alpha value is -4.59. The van der Waals surface area contributed by atoms with Crippen LogP contribution in [0.1, 0.15) is 20.0 Å². The number of hydrogen-bond acceptors (Lipinski definition) is 8. The van der Waals surface area contributed by atoms with Gasteiger partial charge in [0.2, 0.25) is 0 Å². The topological polar surface area (TPSA) is 134 Å². The molecule has 0 aromatic carbocycles. The van der Waals surface area contributed by atoms with Crippen molar-refractivity contribution in [3.05, 3.63) is 54.0 Å². The van der Waals surface area contributed by atoms with Gasteiger partial charge < -0.3 is 20.7 Å². The number of nitrogens with zero attached hydrogens (tertiary/aromatic N) is 6. The van der Waals surface area contributed by atoms with Gasteiger partial charge in [0.05, 0.1) is 24.6 Å². The molecule has 0 radical (unpaired) electrons. The Morgan fingerprint density at radius 2 is 2.10 bits per heavy atom. The van der Waals surface area contributed by atoms with Gasteiger partial charge in [-0.15, -0.1) is 0 Å². The van der Waals surface area contributed by atoms with Crippen LogP contribution in [0.2, 0.25) is 0 Å². The summed E-state index contributed by atoms with van der Waals surface area (Å²) in [4.78, 5) is 17.1. The zero-order valence-corrected chi connectivity index (χ0v) is 16.5. The van der Waals surface area contributed by atoms with Crippen molar-refractivity contribution in [3.8, 4) is 11.8 Å². The van der Waals surface area contributed by atoms with Crippen LogP contribution in [0, 0.1) is 11.3 Å². The summed E-state index contributed by atoms with van der Waals surface area (Å²) in [5, 5.41) is 25.8. The largest absolute Gasteiger partial charge is 0.492 e. The van der Waals surface area contributed by atoms with Crippen molar-refractivity contribution >= 4 is 34.6 Å². The van der Waals surface area contributed by atoms with Gasteiger partial charge >= 0.3 is 0 Å². The molecule has 0 saturated heterocycles. The van der Waals surface area contributed by atoms with Crippen LogP contribution in [0.3, 0.4) is 0 Å². The van der Waals surface area contributed by atoms with E-state index in [0.29, 0.717) is 34.2 Å². The second kappa shape index (κ2) is 8.03. The standard InChI is InChI=1S/C20H19N9O2/c1-22-20(30)13-4-5-15(25-16-7-8-28(2)27-16)26-19(13)24-14-6-9-29-17(18(14)31-3)12(10-21)11-23-29/h4-9,11H,1-3H3,(H,22,30)(H2,24,25,26,27)/i1D3. The molecule has 0 bridgehead atoms. The molecule has 0 saturated carbocycles. The molecular formula is C20H19N9O2. The summed E-state index contributed by atoms with van der Waals surface area (Å²) in [5.41, 5.74) is 1.08. The van der Waals surface area contributed by atoms with E-state index in [1.165, 1.54) is 30.0 Å². The number of amides is 1. The molecule has 4 rings (SSSR count). The normalized spacial score (nSPS) is 12.4. The third-order valence-corrected chi connectivity index (χ3v) is 4.44. The first-order valence-electron chi connectivity index (χ1n) is 10.5. The maximum atomic E-state index is 12.7. The van der Waals surface area contributed by atoms with E-state index in [1.54, 1.807) is 36.3 Å². The minimum atomic E-state index is -2.69. The molecule has 0 fully saturated rings. The van der Waals surface area contributed by atoms with Crippen molar-refractivity contribution in [2.45, 2.75) is 0 Å². The lowest BCUT2D eigenvalue weighted by Gasteiger charge is -2.15. The van der Waals surface area contributed by atoms with Crippen LogP contribution >= 0.6 is 0 Å². The third-order valence-electron chi connectivity index (χ3n) is 4.44. The molecular weight excluding hydrogens is 398 g/mol. The van der Waals surface area contributed by atoms with E-state index in [2.05, 4.69) is 31.9 Å². The molecule has 0 aliphatic carbocycles. The number of ether oxygens (including phenoxy) is 1. The summed E-state index contributed by atoms with van der Waals surface area (Å²) >= 11 is 0. The molecule has 3 N–H and O–H groups in total. The number of anilines is 4. The SMILES string of the molecule is [2H]C([2H])([2H])NC(=O)c1ccc(Nc2ccn(C)n2)nc1Nc1ccn2ncc(C#N)c2c1OC. The first kappa shape index (κ1) is 16.2. The fourth-order valence-corrected chi connectivity index (χ4v) is 3.05. The molecule has 156 valence electrons. The summed E-state index contributed by atoms with van der Waals surface area (Å²) < 4.78 is 30.7. The van der Waals surface area contributed by atoms with E-state index in [4.69, 9.17) is 8.85 Å². The summed E-state index contributed by atoms with van der Waals surface area (Å²) in [6, 6.07) is 8.39. The van der Waals surface area contributed by atoms with Crippen molar-refractivity contribution in [2.24, 2.45) is 7.05 Å². The highest BCUT2D eigenvalue weighted by Crippen LogP contribution is 2.34. The van der Waals surface area contributed by atoms with Crippen LogP contribution in [0.25, 0.3) is 5.52 Å². The van der Waals surface area contributed by atoms with Gasteiger partial charge in [0, 0.05) is 36.6 Å². The van der Waals surface area contributed by atoms with Crippen molar-refractivity contribution < 1.29 is 13.6 Å². The summed E-state index contributed by atoms with van der Waals surface area (Å²) in [6.07, 6.45) is 4.77. The molecule has 4 aromatic rings. The molecule has 1 amide bonds. The van der Waals surface area contributed by atoms with Crippen LogP contribution in [0.4, 0.5) is 23.1 Å². The molecule has 11 nitrogen and oxygen atoms in total. The molecule has 0 aliphatic rings. The highest BCUT2D eigenvalue weighted by Gasteiger charge is 2.18. The van der Waals surface area contributed by atoms with Crippen LogP contribution < -0.4 is 20.7 Å². The predicted molar refractivity (Wildman–Crippen MR) is 114 cm³/mol. The molecule has 4 aromatic heterocycles. The van der Waals surface area contributed by atoms with Crippen molar-refractivity contribution in [2.75, 3.05) is 24.7 Å². The molecule has 4 heterocycles. The van der Waals surface area contributed by atoms with Crippen LogP contribution in [-0.4, -0.2) is 44.4 Å². The molecule has 0 unspecified atom stereocenters. The zero-order chi connectivity index (χ0) is 24.5. The lowest BCUT2D eigenvalue weighted by molar-refractivity contribution is 0.0963. The van der Waals surface area contributed by atoms with Gasteiger partial charge in [0.25, 0.3) is 5.91 Å². The van der Waals surface area contributed by atoms with Gasteiger partial charge in [-0.05, 0) is 18.2 Å². The van der Waals surface area contributed by atoms with Gasteiger partial charge in [-0.3, -0.25) is 9.48 Å². The van der Waals surface area contributed by atoms with Crippen molar-refractivity contribution in [1.29, 1.82) is 5.26 Å². The lowest BCUT2D eigenvalue weighted by Crippen LogP contribution is -2.20. The van der Waals surface area contributed by atoms with E-state index in [1.807, 2.05) is 5.32 Å². The third kappa shape index (κ3) is 3.69. The maximum Gasteiger partial charge on any atom is 0.254 e. The lowest BCUT2D eigenvalue weighted by atomic mass is 10.2. The highest BCUT2D eigenvalue weighted by molar-refractivity contribution is 6.00. The summed E-state index contributed by atoms with van der Waals surface area (Å²) in [6.45, 7) is -2.69. The van der Waals surface area contributed by atoms with Crippen LogP contribution in [-0.2, 0) is 7.05 Å². The Bertz CT molecular complexity index is 1420. The number of methoxy groups -OCH3 is 1. The van der Waals surface area contributed by atoms with Crippen LogP contribution in [0.15, 0.2) is 42.9 Å². The number of hydrogen-bond donors (Lipinski definition) is 3. The zero-order valence-electron chi connectivity index (χ0n) is 19.5.